The molecule has 6 heteroatoms. The summed E-state index contributed by atoms with van der Waals surface area (Å²) < 4.78 is 1.70. The first-order valence-corrected chi connectivity index (χ1v) is 9.97. The van der Waals surface area contributed by atoms with Gasteiger partial charge in [-0.15, -0.1) is 11.3 Å². The van der Waals surface area contributed by atoms with E-state index in [2.05, 4.69) is 4.98 Å². The minimum Gasteiger partial charge on any atom is -0.329 e. The van der Waals surface area contributed by atoms with Gasteiger partial charge in [0.25, 0.3) is 11.5 Å². The number of aromatic nitrogens is 2. The second kappa shape index (κ2) is 6.75. The minimum absolute atomic E-state index is 0.00184. The summed E-state index contributed by atoms with van der Waals surface area (Å²) in [7, 11) is 1.80. The summed E-state index contributed by atoms with van der Waals surface area (Å²) in [6.07, 6.45) is 8.92. The Labute approximate surface area is 151 Å². The van der Waals surface area contributed by atoms with Crippen LogP contribution in [-0.4, -0.2) is 26.9 Å². The fourth-order valence-electron chi connectivity index (χ4n) is 4.13. The lowest BCUT2D eigenvalue weighted by Gasteiger charge is -2.34. The number of aryl methyl sites for hydroxylation is 1. The molecule has 2 aliphatic rings. The average Bonchev–Trinajstić information content (AvgIpc) is 3.19. The highest BCUT2D eigenvalue weighted by Gasteiger charge is 2.32. The smallest absolute Gasteiger partial charge is 0.263 e. The standard InChI is InChI=1S/C19H23N3O2S/c1-21-15-7-3-2-6-13(15)12-14(18(21)23)19(24)22-10-5-4-8-16(22)17-20-9-11-25-17/h9,11-12,16H,2-8,10H2,1H3/t16-/m1/s1. The van der Waals surface area contributed by atoms with Gasteiger partial charge in [-0.1, -0.05) is 0 Å². The normalized spacial score (nSPS) is 20.4. The molecule has 2 aromatic rings. The topological polar surface area (TPSA) is 55.2 Å². The number of pyridine rings is 1. The molecule has 25 heavy (non-hydrogen) atoms. The molecule has 1 saturated heterocycles. The second-order valence-corrected chi connectivity index (χ2v) is 7.91. The van der Waals surface area contributed by atoms with Crippen molar-refractivity contribution in [1.82, 2.24) is 14.5 Å². The molecule has 5 nitrogen and oxygen atoms in total. The third kappa shape index (κ3) is 2.92. The van der Waals surface area contributed by atoms with Gasteiger partial charge in [-0.3, -0.25) is 9.59 Å². The zero-order chi connectivity index (χ0) is 17.4. The Balaban J connectivity index is 1.72. The van der Waals surface area contributed by atoms with Crippen LogP contribution in [0.5, 0.6) is 0 Å². The van der Waals surface area contributed by atoms with Gasteiger partial charge in [-0.05, 0) is 56.6 Å². The number of nitrogens with zero attached hydrogens (tertiary/aromatic N) is 3. The van der Waals surface area contributed by atoms with E-state index >= 15 is 0 Å². The van der Waals surface area contributed by atoms with Crippen LogP contribution >= 0.6 is 11.3 Å². The number of hydrogen-bond acceptors (Lipinski definition) is 4. The third-order valence-corrected chi connectivity index (χ3v) is 6.35. The fraction of sp³-hybridized carbons (Fsp3) is 0.526. The molecule has 1 aliphatic carbocycles. The molecule has 0 saturated carbocycles. The van der Waals surface area contributed by atoms with Crippen LogP contribution in [0.1, 0.15) is 64.8 Å². The third-order valence-electron chi connectivity index (χ3n) is 5.47. The van der Waals surface area contributed by atoms with Crippen LogP contribution in [0.4, 0.5) is 0 Å². The van der Waals surface area contributed by atoms with Crippen LogP contribution in [-0.2, 0) is 19.9 Å². The number of carbonyl (C=O) groups is 1. The van der Waals surface area contributed by atoms with Gasteiger partial charge < -0.3 is 9.47 Å². The summed E-state index contributed by atoms with van der Waals surface area (Å²) in [6.45, 7) is 0.698. The maximum Gasteiger partial charge on any atom is 0.263 e. The number of hydrogen-bond donors (Lipinski definition) is 0. The van der Waals surface area contributed by atoms with Crippen molar-refractivity contribution in [2.45, 2.75) is 51.0 Å². The summed E-state index contributed by atoms with van der Waals surface area (Å²) in [5.74, 6) is -0.131. The van der Waals surface area contributed by atoms with Crippen molar-refractivity contribution in [3.05, 3.63) is 49.8 Å². The Morgan fingerprint density at radius 2 is 2.08 bits per heavy atom. The Bertz CT molecular complexity index is 841. The number of rotatable bonds is 2. The molecule has 1 amide bonds. The van der Waals surface area contributed by atoms with Gasteiger partial charge in [0.1, 0.15) is 10.6 Å². The van der Waals surface area contributed by atoms with Crippen LogP contribution in [0.15, 0.2) is 22.4 Å². The van der Waals surface area contributed by atoms with E-state index in [0.717, 1.165) is 55.6 Å². The minimum atomic E-state index is -0.158. The van der Waals surface area contributed by atoms with Crippen molar-refractivity contribution in [3.8, 4) is 0 Å². The highest BCUT2D eigenvalue weighted by atomic mass is 32.1. The van der Waals surface area contributed by atoms with Crippen LogP contribution in [0.2, 0.25) is 0 Å². The molecule has 0 bridgehead atoms. The maximum atomic E-state index is 13.3. The largest absolute Gasteiger partial charge is 0.329 e. The highest BCUT2D eigenvalue weighted by molar-refractivity contribution is 7.09. The molecule has 0 aromatic carbocycles. The first kappa shape index (κ1) is 16.5. The molecule has 0 N–H and O–H groups in total. The molecule has 3 heterocycles. The number of piperidine rings is 1. The zero-order valence-electron chi connectivity index (χ0n) is 14.5. The Morgan fingerprint density at radius 1 is 1.24 bits per heavy atom. The zero-order valence-corrected chi connectivity index (χ0v) is 15.3. The van der Waals surface area contributed by atoms with Gasteiger partial charge in [0, 0.05) is 30.9 Å². The van der Waals surface area contributed by atoms with Crippen molar-refractivity contribution in [3.63, 3.8) is 0 Å². The van der Waals surface area contributed by atoms with E-state index in [1.54, 1.807) is 29.1 Å². The predicted molar refractivity (Wildman–Crippen MR) is 98.1 cm³/mol. The van der Waals surface area contributed by atoms with E-state index in [9.17, 15) is 9.59 Å². The van der Waals surface area contributed by atoms with E-state index < -0.39 is 0 Å². The van der Waals surface area contributed by atoms with Crippen LogP contribution < -0.4 is 5.56 Å². The van der Waals surface area contributed by atoms with Gasteiger partial charge in [0.05, 0.1) is 6.04 Å². The summed E-state index contributed by atoms with van der Waals surface area (Å²) in [5, 5.41) is 2.92. The monoisotopic (exact) mass is 357 g/mol. The number of thiazole rings is 1. The van der Waals surface area contributed by atoms with Crippen LogP contribution in [0, 0.1) is 0 Å². The molecule has 4 rings (SSSR count). The molecule has 132 valence electrons. The lowest BCUT2D eigenvalue weighted by atomic mass is 9.93. The molecule has 0 spiro atoms. The molecule has 2 aromatic heterocycles. The van der Waals surface area contributed by atoms with Gasteiger partial charge in [0.15, 0.2) is 0 Å². The first-order chi connectivity index (χ1) is 12.2. The van der Waals surface area contributed by atoms with Crippen molar-refractivity contribution in [1.29, 1.82) is 0 Å². The van der Waals surface area contributed by atoms with Crippen LogP contribution in [0.3, 0.4) is 0 Å². The van der Waals surface area contributed by atoms with Gasteiger partial charge in [0.2, 0.25) is 0 Å². The molecule has 1 atom stereocenters. The van der Waals surface area contributed by atoms with Crippen molar-refractivity contribution < 1.29 is 4.79 Å². The number of likely N-dealkylation sites (tertiary alicyclic amines) is 1. The van der Waals surface area contributed by atoms with E-state index in [4.69, 9.17) is 0 Å². The molecular weight excluding hydrogens is 334 g/mol. The SMILES string of the molecule is Cn1c2c(cc(C(=O)N3CCCC[C@@H]3c3nccs3)c1=O)CCCC2. The van der Waals surface area contributed by atoms with Crippen molar-refractivity contribution in [2.75, 3.05) is 6.54 Å². The summed E-state index contributed by atoms with van der Waals surface area (Å²) in [4.78, 5) is 32.4. The maximum absolute atomic E-state index is 13.3. The quantitative estimate of drug-likeness (QED) is 0.830. The van der Waals surface area contributed by atoms with E-state index in [1.807, 2.05) is 16.3 Å². The summed E-state index contributed by atoms with van der Waals surface area (Å²) >= 11 is 1.59. The number of carbonyl (C=O) groups excluding carboxylic acids is 1. The van der Waals surface area contributed by atoms with Gasteiger partial charge >= 0.3 is 0 Å². The molecule has 0 radical (unpaired) electrons. The van der Waals surface area contributed by atoms with Gasteiger partial charge in [-0.2, -0.15) is 0 Å². The number of amides is 1. The molecule has 0 unspecified atom stereocenters. The fourth-order valence-corrected chi connectivity index (χ4v) is 4.91. The molecular formula is C19H23N3O2S. The lowest BCUT2D eigenvalue weighted by molar-refractivity contribution is 0.0608. The van der Waals surface area contributed by atoms with E-state index in [-0.39, 0.29) is 17.5 Å². The summed E-state index contributed by atoms with van der Waals surface area (Å²) in [5.41, 5.74) is 2.43. The van der Waals surface area contributed by atoms with Crippen LogP contribution in [0.25, 0.3) is 0 Å². The predicted octanol–water partition coefficient (Wildman–Crippen LogP) is 3.09. The molecule has 1 fully saturated rings. The second-order valence-electron chi connectivity index (χ2n) is 6.98. The lowest BCUT2D eigenvalue weighted by Crippen LogP contribution is -2.42. The average molecular weight is 357 g/mol. The Morgan fingerprint density at radius 3 is 2.88 bits per heavy atom. The summed E-state index contributed by atoms with van der Waals surface area (Å²) in [6, 6.07) is 1.87. The highest BCUT2D eigenvalue weighted by Crippen LogP contribution is 2.33. The Kier molecular flexibility index (Phi) is 4.46. The van der Waals surface area contributed by atoms with E-state index in [1.165, 1.54) is 5.56 Å². The Hall–Kier alpha value is -1.95. The van der Waals surface area contributed by atoms with Gasteiger partial charge in [-0.25, -0.2) is 4.98 Å². The first-order valence-electron chi connectivity index (χ1n) is 9.09. The molecule has 1 aliphatic heterocycles. The van der Waals surface area contributed by atoms with Crippen molar-refractivity contribution >= 4 is 17.2 Å². The van der Waals surface area contributed by atoms with E-state index in [0.29, 0.717) is 12.1 Å². The van der Waals surface area contributed by atoms with Crippen molar-refractivity contribution in [2.24, 2.45) is 7.05 Å². The number of fused-ring (bicyclic) bond motifs is 1.